The molecule has 0 amide bonds. The van der Waals surface area contributed by atoms with Gasteiger partial charge >= 0.3 is 0 Å². The van der Waals surface area contributed by atoms with Gasteiger partial charge in [0.15, 0.2) is 11.6 Å². The van der Waals surface area contributed by atoms with Gasteiger partial charge in [-0.2, -0.15) is 0 Å². The van der Waals surface area contributed by atoms with Gasteiger partial charge < -0.3 is 4.52 Å². The van der Waals surface area contributed by atoms with Crippen LogP contribution in [0.15, 0.2) is 28.8 Å². The number of benzene rings is 1. The fourth-order valence-corrected chi connectivity index (χ4v) is 0.976. The summed E-state index contributed by atoms with van der Waals surface area (Å²) >= 11 is 0. The largest absolute Gasteiger partial charge is 0.352 e. The van der Waals surface area contributed by atoms with Crippen molar-refractivity contribution in [2.75, 3.05) is 0 Å². The maximum absolute atomic E-state index is 12.7. The Balaban J connectivity index is 2.49. The second kappa shape index (κ2) is 2.97. The Morgan fingerprint density at radius 1 is 1.23 bits per heavy atom. The zero-order valence-electron chi connectivity index (χ0n) is 6.42. The molecule has 0 aliphatic heterocycles. The van der Waals surface area contributed by atoms with Crippen LogP contribution in [0.3, 0.4) is 0 Å². The highest BCUT2D eigenvalue weighted by molar-refractivity contribution is 5.57. The van der Waals surface area contributed by atoms with Crippen molar-refractivity contribution in [2.45, 2.75) is 0 Å². The molecular formula is C9H4F2NO. The molecule has 2 rings (SSSR count). The molecule has 0 unspecified atom stereocenters. The number of rotatable bonds is 1. The highest BCUT2D eigenvalue weighted by Crippen LogP contribution is 2.18. The van der Waals surface area contributed by atoms with Gasteiger partial charge in [-0.15, -0.1) is 0 Å². The molecular weight excluding hydrogens is 176 g/mol. The van der Waals surface area contributed by atoms with Crippen molar-refractivity contribution in [3.63, 3.8) is 0 Å². The summed E-state index contributed by atoms with van der Waals surface area (Å²) in [7, 11) is 0. The molecule has 65 valence electrons. The predicted octanol–water partition coefficient (Wildman–Crippen LogP) is 2.42. The first kappa shape index (κ1) is 7.91. The normalized spacial score (nSPS) is 10.3. The average molecular weight is 180 g/mol. The van der Waals surface area contributed by atoms with Crippen LogP contribution >= 0.6 is 0 Å². The summed E-state index contributed by atoms with van der Waals surface area (Å²) in [5.74, 6) is -1.78. The zero-order chi connectivity index (χ0) is 9.26. The molecule has 1 heterocycles. The summed E-state index contributed by atoms with van der Waals surface area (Å²) in [6, 6.07) is 4.97. The van der Waals surface area contributed by atoms with Gasteiger partial charge in [-0.1, -0.05) is 5.16 Å². The first-order valence-electron chi connectivity index (χ1n) is 3.55. The van der Waals surface area contributed by atoms with E-state index in [4.69, 9.17) is 0 Å². The summed E-state index contributed by atoms with van der Waals surface area (Å²) in [5, 5.41) is 3.54. The third-order valence-electron chi connectivity index (χ3n) is 1.61. The molecule has 0 spiro atoms. The molecule has 1 aromatic carbocycles. The van der Waals surface area contributed by atoms with Crippen LogP contribution < -0.4 is 0 Å². The van der Waals surface area contributed by atoms with E-state index in [0.29, 0.717) is 11.3 Å². The van der Waals surface area contributed by atoms with Crippen molar-refractivity contribution in [3.05, 3.63) is 42.2 Å². The minimum atomic E-state index is -0.902. The van der Waals surface area contributed by atoms with E-state index in [1.807, 2.05) is 0 Å². The Hall–Kier alpha value is -1.71. The molecule has 0 N–H and O–H groups in total. The molecule has 0 saturated heterocycles. The fourth-order valence-electron chi connectivity index (χ4n) is 0.976. The third kappa shape index (κ3) is 1.42. The van der Waals surface area contributed by atoms with Crippen LogP contribution in [-0.4, -0.2) is 5.16 Å². The number of halogens is 2. The van der Waals surface area contributed by atoms with Crippen molar-refractivity contribution < 1.29 is 13.3 Å². The van der Waals surface area contributed by atoms with Crippen molar-refractivity contribution >= 4 is 0 Å². The van der Waals surface area contributed by atoms with Gasteiger partial charge in [0.05, 0.1) is 0 Å². The van der Waals surface area contributed by atoms with Crippen molar-refractivity contribution in [3.8, 4) is 11.3 Å². The van der Waals surface area contributed by atoms with E-state index in [-0.39, 0.29) is 0 Å². The average Bonchev–Trinajstić information content (AvgIpc) is 2.62. The van der Waals surface area contributed by atoms with Crippen molar-refractivity contribution in [1.82, 2.24) is 5.16 Å². The number of hydrogen-bond donors (Lipinski definition) is 0. The molecule has 2 aromatic rings. The van der Waals surface area contributed by atoms with E-state index in [1.54, 1.807) is 0 Å². The molecule has 2 nitrogen and oxygen atoms in total. The Labute approximate surface area is 72.8 Å². The Morgan fingerprint density at radius 3 is 2.69 bits per heavy atom. The Morgan fingerprint density at radius 2 is 2.08 bits per heavy atom. The molecule has 1 radical (unpaired) electrons. The van der Waals surface area contributed by atoms with E-state index >= 15 is 0 Å². The minimum Gasteiger partial charge on any atom is -0.352 e. The monoisotopic (exact) mass is 180 g/mol. The standard InChI is InChI=1S/C9H4F2NO/c10-7-2-1-6(5-8(7)11)9-3-4-13-12-9/h1-3,5H. The lowest BCUT2D eigenvalue weighted by Gasteiger charge is -1.95. The van der Waals surface area contributed by atoms with Gasteiger partial charge in [0.25, 0.3) is 0 Å². The Kier molecular flexibility index (Phi) is 1.81. The summed E-state index contributed by atoms with van der Waals surface area (Å²) in [5.41, 5.74) is 0.891. The fraction of sp³-hybridized carbons (Fsp3) is 0. The second-order valence-electron chi connectivity index (χ2n) is 2.46. The van der Waals surface area contributed by atoms with Crippen LogP contribution in [-0.2, 0) is 0 Å². The summed E-state index contributed by atoms with van der Waals surface area (Å²) in [4.78, 5) is 0. The predicted molar refractivity (Wildman–Crippen MR) is 40.7 cm³/mol. The van der Waals surface area contributed by atoms with Crippen LogP contribution in [0.4, 0.5) is 8.78 Å². The van der Waals surface area contributed by atoms with E-state index in [9.17, 15) is 8.78 Å². The molecule has 0 saturated carbocycles. The number of aromatic nitrogens is 1. The molecule has 0 fully saturated rings. The topological polar surface area (TPSA) is 26.0 Å². The molecule has 1 aromatic heterocycles. The van der Waals surface area contributed by atoms with Gasteiger partial charge in [-0.3, -0.25) is 0 Å². The smallest absolute Gasteiger partial charge is 0.205 e. The number of hydrogen-bond acceptors (Lipinski definition) is 2. The maximum Gasteiger partial charge on any atom is 0.205 e. The molecule has 0 aliphatic carbocycles. The second-order valence-corrected chi connectivity index (χ2v) is 2.46. The van der Waals surface area contributed by atoms with Crippen molar-refractivity contribution in [1.29, 1.82) is 0 Å². The maximum atomic E-state index is 12.7. The molecule has 0 bridgehead atoms. The number of nitrogens with zero attached hydrogens (tertiary/aromatic N) is 1. The van der Waals surface area contributed by atoms with Crippen LogP contribution in [0, 0.1) is 17.9 Å². The van der Waals surface area contributed by atoms with Crippen LogP contribution in [0.2, 0.25) is 0 Å². The van der Waals surface area contributed by atoms with E-state index in [1.165, 1.54) is 12.1 Å². The summed E-state index contributed by atoms with van der Waals surface area (Å²) < 4.78 is 29.7. The molecule has 13 heavy (non-hydrogen) atoms. The van der Waals surface area contributed by atoms with E-state index < -0.39 is 11.6 Å². The van der Waals surface area contributed by atoms with Gasteiger partial charge in [0, 0.05) is 11.6 Å². The quantitative estimate of drug-likeness (QED) is 0.673. The van der Waals surface area contributed by atoms with Crippen LogP contribution in [0.1, 0.15) is 0 Å². The van der Waals surface area contributed by atoms with Gasteiger partial charge in [0.2, 0.25) is 6.26 Å². The minimum absolute atomic E-state index is 0.430. The SMILES string of the molecule is Fc1ccc(-c2c[c]on2)cc1F. The highest BCUT2D eigenvalue weighted by Gasteiger charge is 2.05. The van der Waals surface area contributed by atoms with Gasteiger partial charge in [0.1, 0.15) is 5.69 Å². The lowest BCUT2D eigenvalue weighted by Crippen LogP contribution is -1.84. The van der Waals surface area contributed by atoms with Gasteiger partial charge in [-0.25, -0.2) is 8.78 Å². The lowest BCUT2D eigenvalue weighted by molar-refractivity contribution is 0.415. The Bertz CT molecular complexity index is 412. The van der Waals surface area contributed by atoms with E-state index in [0.717, 1.165) is 12.1 Å². The molecule has 4 heteroatoms. The van der Waals surface area contributed by atoms with Gasteiger partial charge in [-0.05, 0) is 18.2 Å². The first-order chi connectivity index (χ1) is 6.27. The lowest BCUT2D eigenvalue weighted by atomic mass is 10.1. The summed E-state index contributed by atoms with van der Waals surface area (Å²) in [6.07, 6.45) is 2.36. The van der Waals surface area contributed by atoms with E-state index in [2.05, 4.69) is 15.9 Å². The van der Waals surface area contributed by atoms with Crippen molar-refractivity contribution in [2.24, 2.45) is 0 Å². The van der Waals surface area contributed by atoms with Crippen LogP contribution in [0.5, 0.6) is 0 Å². The highest BCUT2D eigenvalue weighted by atomic mass is 19.2. The molecule has 0 atom stereocenters. The van der Waals surface area contributed by atoms with Crippen LogP contribution in [0.25, 0.3) is 11.3 Å². The third-order valence-corrected chi connectivity index (χ3v) is 1.61. The molecule has 0 aliphatic rings. The summed E-state index contributed by atoms with van der Waals surface area (Å²) in [6.45, 7) is 0. The zero-order valence-corrected chi connectivity index (χ0v) is 6.42. The first-order valence-corrected chi connectivity index (χ1v) is 3.55.